The first-order valence-electron chi connectivity index (χ1n) is 11.7. The van der Waals surface area contributed by atoms with E-state index in [2.05, 4.69) is 65.6 Å². The normalized spacial score (nSPS) is 19.6. The summed E-state index contributed by atoms with van der Waals surface area (Å²) < 4.78 is 0. The number of hydrogen-bond acceptors (Lipinski definition) is 1. The molecule has 1 heterocycles. The van der Waals surface area contributed by atoms with Crippen molar-refractivity contribution in [2.24, 2.45) is 5.92 Å². The zero-order chi connectivity index (χ0) is 19.5. The Morgan fingerprint density at radius 1 is 0.733 bits per heavy atom. The van der Waals surface area contributed by atoms with Gasteiger partial charge in [0.1, 0.15) is 0 Å². The van der Waals surface area contributed by atoms with Crippen molar-refractivity contribution in [2.75, 3.05) is 19.6 Å². The Morgan fingerprint density at radius 2 is 1.30 bits per heavy atom. The molecule has 0 bridgehead atoms. The van der Waals surface area contributed by atoms with Crippen molar-refractivity contribution in [2.45, 2.75) is 51.4 Å². The van der Waals surface area contributed by atoms with Crippen LogP contribution in [0.2, 0.25) is 0 Å². The first-order chi connectivity index (χ1) is 14.4. The molecule has 0 amide bonds. The van der Waals surface area contributed by atoms with E-state index in [0.29, 0.717) is 0 Å². The van der Waals surface area contributed by atoms with Crippen LogP contribution < -0.4 is 0 Å². The van der Waals surface area contributed by atoms with E-state index < -0.39 is 0 Å². The number of fused-ring (bicyclic) bond motifs is 2. The van der Waals surface area contributed by atoms with Crippen molar-refractivity contribution >= 4 is 30.1 Å². The molecule has 0 unspecified atom stereocenters. The number of nitrogens with zero attached hydrogens (tertiary/aromatic N) is 1. The van der Waals surface area contributed by atoms with Crippen molar-refractivity contribution in [3.63, 3.8) is 0 Å². The third-order valence-electron chi connectivity index (χ3n) is 7.29. The SMILES string of the molecule is C1=Cc2ccccc2C(=C2CCN(CCC3CCCCC3)CC2)c2ccccc21.Cl. The number of hydrogen-bond donors (Lipinski definition) is 0. The monoisotopic (exact) mass is 419 g/mol. The van der Waals surface area contributed by atoms with E-state index in [4.69, 9.17) is 0 Å². The molecule has 0 atom stereocenters. The predicted molar refractivity (Wildman–Crippen MR) is 132 cm³/mol. The average Bonchev–Trinajstić information content (AvgIpc) is 2.96. The van der Waals surface area contributed by atoms with Gasteiger partial charge in [0.25, 0.3) is 0 Å². The Balaban J connectivity index is 0.00000218. The molecule has 2 aliphatic carbocycles. The van der Waals surface area contributed by atoms with Gasteiger partial charge in [0.05, 0.1) is 0 Å². The summed E-state index contributed by atoms with van der Waals surface area (Å²) in [7, 11) is 0. The van der Waals surface area contributed by atoms with Gasteiger partial charge in [-0.15, -0.1) is 12.4 Å². The molecule has 0 radical (unpaired) electrons. The number of benzene rings is 2. The quantitative estimate of drug-likeness (QED) is 0.425. The van der Waals surface area contributed by atoms with Crippen LogP contribution in [-0.2, 0) is 0 Å². The molecule has 1 aliphatic heterocycles. The summed E-state index contributed by atoms with van der Waals surface area (Å²) in [5.74, 6) is 0.996. The second-order valence-corrected chi connectivity index (χ2v) is 9.12. The molecule has 1 saturated heterocycles. The van der Waals surface area contributed by atoms with E-state index in [1.807, 2.05) is 0 Å². The van der Waals surface area contributed by atoms with Gasteiger partial charge in [-0.2, -0.15) is 0 Å². The number of halogens is 1. The molecule has 2 heteroatoms. The van der Waals surface area contributed by atoms with Crippen LogP contribution in [-0.4, -0.2) is 24.5 Å². The Hall–Kier alpha value is -1.83. The average molecular weight is 420 g/mol. The number of piperidine rings is 1. The van der Waals surface area contributed by atoms with Crippen LogP contribution in [0, 0.1) is 5.92 Å². The van der Waals surface area contributed by atoms with Gasteiger partial charge in [0.2, 0.25) is 0 Å². The van der Waals surface area contributed by atoms with Gasteiger partial charge in [-0.05, 0) is 59.6 Å². The van der Waals surface area contributed by atoms with Gasteiger partial charge >= 0.3 is 0 Å². The van der Waals surface area contributed by atoms with Crippen LogP contribution >= 0.6 is 12.4 Å². The van der Waals surface area contributed by atoms with Gasteiger partial charge < -0.3 is 4.90 Å². The summed E-state index contributed by atoms with van der Waals surface area (Å²) in [5, 5.41) is 0. The molecule has 2 fully saturated rings. The van der Waals surface area contributed by atoms with Crippen molar-refractivity contribution < 1.29 is 0 Å². The molecule has 1 saturated carbocycles. The lowest BCUT2D eigenvalue weighted by atomic mass is 9.85. The maximum absolute atomic E-state index is 2.73. The van der Waals surface area contributed by atoms with Crippen molar-refractivity contribution in [3.05, 3.63) is 76.4 Å². The van der Waals surface area contributed by atoms with Crippen molar-refractivity contribution in [3.8, 4) is 0 Å². The molecular formula is C28H34ClN. The third kappa shape index (κ3) is 4.58. The molecule has 2 aromatic carbocycles. The van der Waals surface area contributed by atoms with E-state index in [9.17, 15) is 0 Å². The van der Waals surface area contributed by atoms with Gasteiger partial charge in [0, 0.05) is 13.1 Å². The highest BCUT2D eigenvalue weighted by Crippen LogP contribution is 2.38. The van der Waals surface area contributed by atoms with Gasteiger partial charge in [0.15, 0.2) is 0 Å². The molecule has 2 aromatic rings. The summed E-state index contributed by atoms with van der Waals surface area (Å²) in [5.41, 5.74) is 8.70. The second kappa shape index (κ2) is 9.98. The lowest BCUT2D eigenvalue weighted by Crippen LogP contribution is -2.33. The fourth-order valence-electron chi connectivity index (χ4n) is 5.58. The molecule has 1 nitrogen and oxygen atoms in total. The minimum Gasteiger partial charge on any atom is -0.303 e. The molecule has 0 N–H and O–H groups in total. The molecule has 0 aromatic heterocycles. The maximum Gasteiger partial charge on any atom is 0.00190 e. The number of rotatable bonds is 3. The van der Waals surface area contributed by atoms with Crippen LogP contribution in [0.15, 0.2) is 54.1 Å². The highest BCUT2D eigenvalue weighted by atomic mass is 35.5. The first-order valence-corrected chi connectivity index (χ1v) is 11.7. The molecule has 158 valence electrons. The Bertz CT molecular complexity index is 858. The smallest absolute Gasteiger partial charge is 0.00190 e. The Labute approximate surface area is 188 Å². The lowest BCUT2D eigenvalue weighted by Gasteiger charge is -2.32. The maximum atomic E-state index is 2.73. The summed E-state index contributed by atoms with van der Waals surface area (Å²) in [6, 6.07) is 17.9. The molecular weight excluding hydrogens is 386 g/mol. The largest absolute Gasteiger partial charge is 0.303 e. The second-order valence-electron chi connectivity index (χ2n) is 9.12. The van der Waals surface area contributed by atoms with Gasteiger partial charge in [-0.25, -0.2) is 0 Å². The first kappa shape index (κ1) is 21.4. The zero-order valence-corrected chi connectivity index (χ0v) is 18.8. The lowest BCUT2D eigenvalue weighted by molar-refractivity contribution is 0.220. The molecule has 0 spiro atoms. The number of likely N-dealkylation sites (tertiary alicyclic amines) is 1. The standard InChI is InChI=1S/C28H33N.ClH/c1-2-8-22(9-3-1)16-19-29-20-17-25(18-21-29)28-26-12-6-4-10-23(26)14-15-24-11-5-7-13-27(24)28;/h4-7,10-15,22H,1-3,8-9,16-21H2;1H. The Morgan fingerprint density at radius 3 is 1.90 bits per heavy atom. The fraction of sp³-hybridized carbons (Fsp3) is 0.429. The molecule has 3 aliphatic rings. The molecule has 30 heavy (non-hydrogen) atoms. The third-order valence-corrected chi connectivity index (χ3v) is 7.29. The predicted octanol–water partition coefficient (Wildman–Crippen LogP) is 7.46. The summed E-state index contributed by atoms with van der Waals surface area (Å²) in [6.07, 6.45) is 15.8. The minimum absolute atomic E-state index is 0. The van der Waals surface area contributed by atoms with Crippen molar-refractivity contribution in [1.82, 2.24) is 4.90 Å². The summed E-state index contributed by atoms with van der Waals surface area (Å²) in [4.78, 5) is 2.73. The van der Waals surface area contributed by atoms with E-state index in [1.165, 1.54) is 98.8 Å². The molecule has 5 rings (SSSR count). The van der Waals surface area contributed by atoms with E-state index >= 15 is 0 Å². The summed E-state index contributed by atoms with van der Waals surface area (Å²) in [6.45, 7) is 3.76. The topological polar surface area (TPSA) is 3.24 Å². The van der Waals surface area contributed by atoms with E-state index in [1.54, 1.807) is 5.57 Å². The van der Waals surface area contributed by atoms with Crippen LogP contribution in [0.25, 0.3) is 17.7 Å². The minimum atomic E-state index is 0. The van der Waals surface area contributed by atoms with Crippen LogP contribution in [0.5, 0.6) is 0 Å². The van der Waals surface area contributed by atoms with E-state index in [0.717, 1.165) is 5.92 Å². The zero-order valence-electron chi connectivity index (χ0n) is 18.0. The summed E-state index contributed by atoms with van der Waals surface area (Å²) >= 11 is 0. The highest BCUT2D eigenvalue weighted by molar-refractivity contribution is 5.94. The van der Waals surface area contributed by atoms with Crippen LogP contribution in [0.3, 0.4) is 0 Å². The van der Waals surface area contributed by atoms with Crippen LogP contribution in [0.1, 0.15) is 73.6 Å². The Kier molecular flexibility index (Phi) is 7.12. The highest BCUT2D eigenvalue weighted by Gasteiger charge is 2.23. The van der Waals surface area contributed by atoms with Crippen LogP contribution in [0.4, 0.5) is 0 Å². The van der Waals surface area contributed by atoms with Gasteiger partial charge in [-0.1, -0.05) is 98.4 Å². The fourth-order valence-corrected chi connectivity index (χ4v) is 5.58. The van der Waals surface area contributed by atoms with E-state index in [-0.39, 0.29) is 12.4 Å². The van der Waals surface area contributed by atoms with Gasteiger partial charge in [-0.3, -0.25) is 0 Å². The van der Waals surface area contributed by atoms with Crippen molar-refractivity contribution in [1.29, 1.82) is 0 Å².